The van der Waals surface area contributed by atoms with Crippen LogP contribution in [0.25, 0.3) is 0 Å². The Morgan fingerprint density at radius 1 is 1.25 bits per heavy atom. The quantitative estimate of drug-likeness (QED) is 0.782. The monoisotopic (exact) mass is 273 g/mol. The fourth-order valence-electron chi connectivity index (χ4n) is 2.99. The summed E-state index contributed by atoms with van der Waals surface area (Å²) in [6.07, 6.45) is 2.25. The van der Waals surface area contributed by atoms with E-state index < -0.39 is 11.8 Å². The lowest BCUT2D eigenvalue weighted by atomic mass is 9.90. The Morgan fingerprint density at radius 2 is 2.10 bits per heavy atom. The fraction of sp³-hybridized carbons (Fsp3) is 0.467. The van der Waals surface area contributed by atoms with Gasteiger partial charge in [-0.05, 0) is 44.0 Å². The normalized spacial score (nSPS) is 26.8. The largest absolute Gasteiger partial charge is 0.346 e. The molecule has 1 unspecified atom stereocenters. The lowest BCUT2D eigenvalue weighted by molar-refractivity contribution is -0.138. The first-order chi connectivity index (χ1) is 9.60. The van der Waals surface area contributed by atoms with Gasteiger partial charge in [0.1, 0.15) is 0 Å². The number of anilines is 1. The molecular weight excluding hydrogens is 254 g/mol. The minimum absolute atomic E-state index is 0.0307. The minimum atomic E-state index is -0.521. The third-order valence-electron chi connectivity index (χ3n) is 4.22. The molecule has 2 N–H and O–H groups in total. The zero-order valence-electron chi connectivity index (χ0n) is 11.6. The molecule has 1 aromatic carbocycles. The van der Waals surface area contributed by atoms with Crippen molar-refractivity contribution in [2.24, 2.45) is 0 Å². The minimum Gasteiger partial charge on any atom is -0.346 e. The van der Waals surface area contributed by atoms with Crippen molar-refractivity contribution in [1.29, 1.82) is 0 Å². The van der Waals surface area contributed by atoms with E-state index >= 15 is 0 Å². The number of rotatable bonds is 2. The van der Waals surface area contributed by atoms with Gasteiger partial charge in [-0.15, -0.1) is 0 Å². The van der Waals surface area contributed by atoms with Gasteiger partial charge < -0.3 is 15.5 Å². The van der Waals surface area contributed by atoms with E-state index in [-0.39, 0.29) is 5.54 Å². The Bertz CT molecular complexity index is 550. The maximum absolute atomic E-state index is 11.9. The summed E-state index contributed by atoms with van der Waals surface area (Å²) in [6.45, 7) is 4.23. The van der Waals surface area contributed by atoms with E-state index in [4.69, 9.17) is 0 Å². The highest BCUT2D eigenvalue weighted by Gasteiger charge is 2.32. The van der Waals surface area contributed by atoms with Gasteiger partial charge in [-0.25, -0.2) is 0 Å². The van der Waals surface area contributed by atoms with E-state index in [1.165, 1.54) is 5.56 Å². The van der Waals surface area contributed by atoms with Gasteiger partial charge in [-0.2, -0.15) is 0 Å². The number of nitrogens with zero attached hydrogens (tertiary/aromatic N) is 1. The first-order valence-electron chi connectivity index (χ1n) is 7.05. The van der Waals surface area contributed by atoms with Crippen LogP contribution in [0.15, 0.2) is 24.3 Å². The van der Waals surface area contributed by atoms with Gasteiger partial charge in [-0.3, -0.25) is 9.59 Å². The van der Waals surface area contributed by atoms with E-state index in [0.29, 0.717) is 13.1 Å². The third-order valence-corrected chi connectivity index (χ3v) is 4.22. The molecular formula is C15H19N3O2. The number of nitrogens with one attached hydrogen (secondary N) is 2. The summed E-state index contributed by atoms with van der Waals surface area (Å²) in [4.78, 5) is 25.0. The van der Waals surface area contributed by atoms with Crippen LogP contribution < -0.4 is 15.5 Å². The molecule has 0 bridgehead atoms. The van der Waals surface area contributed by atoms with Crippen molar-refractivity contribution in [3.63, 3.8) is 0 Å². The predicted octanol–water partition coefficient (Wildman–Crippen LogP) is 0.748. The van der Waals surface area contributed by atoms with E-state index in [0.717, 1.165) is 25.1 Å². The van der Waals surface area contributed by atoms with Gasteiger partial charge in [0.2, 0.25) is 0 Å². The van der Waals surface area contributed by atoms with Gasteiger partial charge in [0.05, 0.1) is 0 Å². The number of piperazine rings is 1. The molecule has 0 saturated carbocycles. The molecule has 0 spiro atoms. The van der Waals surface area contributed by atoms with E-state index in [1.54, 1.807) is 4.90 Å². The summed E-state index contributed by atoms with van der Waals surface area (Å²) < 4.78 is 0. The summed E-state index contributed by atoms with van der Waals surface area (Å²) in [6, 6.07) is 7.94. The molecule has 1 atom stereocenters. The summed E-state index contributed by atoms with van der Waals surface area (Å²) in [5.41, 5.74) is 1.94. The van der Waals surface area contributed by atoms with Crippen LogP contribution in [0.5, 0.6) is 0 Å². The second-order valence-corrected chi connectivity index (χ2v) is 5.63. The van der Waals surface area contributed by atoms with Crippen LogP contribution >= 0.6 is 0 Å². The Kier molecular flexibility index (Phi) is 3.22. The molecule has 2 heterocycles. The van der Waals surface area contributed by atoms with Gasteiger partial charge in [0.25, 0.3) is 0 Å². The topological polar surface area (TPSA) is 61.4 Å². The molecule has 2 saturated heterocycles. The van der Waals surface area contributed by atoms with Crippen molar-refractivity contribution >= 4 is 17.5 Å². The molecule has 3 rings (SSSR count). The molecule has 5 heteroatoms. The second kappa shape index (κ2) is 4.90. The third kappa shape index (κ3) is 2.18. The van der Waals surface area contributed by atoms with E-state index in [2.05, 4.69) is 23.6 Å². The van der Waals surface area contributed by atoms with Crippen LogP contribution in [0.2, 0.25) is 0 Å². The molecule has 0 aliphatic carbocycles. The van der Waals surface area contributed by atoms with Crippen molar-refractivity contribution in [2.75, 3.05) is 24.5 Å². The number of carbonyl (C=O) groups is 2. The van der Waals surface area contributed by atoms with Crippen LogP contribution in [0.3, 0.4) is 0 Å². The highest BCUT2D eigenvalue weighted by molar-refractivity contribution is 6.41. The molecule has 20 heavy (non-hydrogen) atoms. The fourth-order valence-corrected chi connectivity index (χ4v) is 2.99. The standard InChI is InChI=1S/C15H19N3O2/c1-15(6-3-7-17-15)11-4-2-5-12(10-11)18-9-8-16-13(19)14(18)20/h2,4-5,10,17H,3,6-9H2,1H3,(H,16,19). The molecule has 5 nitrogen and oxygen atoms in total. The Labute approximate surface area is 118 Å². The summed E-state index contributed by atoms with van der Waals surface area (Å²) in [5, 5.41) is 6.08. The van der Waals surface area contributed by atoms with Crippen molar-refractivity contribution in [3.8, 4) is 0 Å². The summed E-state index contributed by atoms with van der Waals surface area (Å²) >= 11 is 0. The number of carbonyl (C=O) groups excluding carboxylic acids is 2. The maximum atomic E-state index is 11.9. The van der Waals surface area contributed by atoms with Crippen molar-refractivity contribution in [1.82, 2.24) is 10.6 Å². The van der Waals surface area contributed by atoms with Crippen molar-refractivity contribution in [2.45, 2.75) is 25.3 Å². The SMILES string of the molecule is CC1(c2cccc(N3CCNC(=O)C3=O)c2)CCCN1. The van der Waals surface area contributed by atoms with Gasteiger partial charge in [-0.1, -0.05) is 12.1 Å². The highest BCUT2D eigenvalue weighted by Crippen LogP contribution is 2.32. The molecule has 1 aromatic rings. The zero-order chi connectivity index (χ0) is 14.2. The van der Waals surface area contributed by atoms with Crippen LogP contribution in [-0.2, 0) is 15.1 Å². The Morgan fingerprint density at radius 3 is 2.85 bits per heavy atom. The smallest absolute Gasteiger partial charge is 0.316 e. The van der Waals surface area contributed by atoms with Gasteiger partial charge in [0.15, 0.2) is 0 Å². The Balaban J connectivity index is 1.91. The zero-order valence-corrected chi connectivity index (χ0v) is 11.6. The lowest BCUT2D eigenvalue weighted by Gasteiger charge is -2.29. The van der Waals surface area contributed by atoms with Gasteiger partial charge >= 0.3 is 11.8 Å². The molecule has 0 aromatic heterocycles. The molecule has 106 valence electrons. The first kappa shape index (κ1) is 13.1. The van der Waals surface area contributed by atoms with E-state index in [1.807, 2.05) is 18.2 Å². The average molecular weight is 273 g/mol. The van der Waals surface area contributed by atoms with E-state index in [9.17, 15) is 9.59 Å². The predicted molar refractivity (Wildman–Crippen MR) is 76.4 cm³/mol. The highest BCUT2D eigenvalue weighted by atomic mass is 16.2. The van der Waals surface area contributed by atoms with Gasteiger partial charge in [0, 0.05) is 24.3 Å². The van der Waals surface area contributed by atoms with Crippen LogP contribution in [0.4, 0.5) is 5.69 Å². The summed E-state index contributed by atoms with van der Waals surface area (Å²) in [5.74, 6) is -0.996. The second-order valence-electron chi connectivity index (χ2n) is 5.63. The van der Waals surface area contributed by atoms with Crippen LogP contribution in [-0.4, -0.2) is 31.4 Å². The molecule has 2 aliphatic heterocycles. The number of benzene rings is 1. The lowest BCUT2D eigenvalue weighted by Crippen LogP contribution is -2.52. The molecule has 2 amide bonds. The number of amides is 2. The molecule has 0 radical (unpaired) electrons. The summed E-state index contributed by atoms with van der Waals surface area (Å²) in [7, 11) is 0. The maximum Gasteiger partial charge on any atom is 0.316 e. The van der Waals surface area contributed by atoms with Crippen LogP contribution in [0.1, 0.15) is 25.3 Å². The number of hydrogen-bond donors (Lipinski definition) is 2. The Hall–Kier alpha value is -1.88. The molecule has 2 aliphatic rings. The molecule has 2 fully saturated rings. The first-order valence-corrected chi connectivity index (χ1v) is 7.05. The van der Waals surface area contributed by atoms with Crippen LogP contribution in [0, 0.1) is 0 Å². The van der Waals surface area contributed by atoms with Crippen molar-refractivity contribution < 1.29 is 9.59 Å². The van der Waals surface area contributed by atoms with Crippen molar-refractivity contribution in [3.05, 3.63) is 29.8 Å². The number of hydrogen-bond acceptors (Lipinski definition) is 3. The average Bonchev–Trinajstić information content (AvgIpc) is 2.90.